The molecule has 2 aromatic rings. The Morgan fingerprint density at radius 3 is 2.16 bits per heavy atom. The highest BCUT2D eigenvalue weighted by Gasteiger charge is 2.30. The van der Waals surface area contributed by atoms with Crippen LogP contribution in [0.3, 0.4) is 0 Å². The molecule has 2 aromatic carbocycles. The van der Waals surface area contributed by atoms with E-state index in [0.29, 0.717) is 0 Å². The normalized spacial score (nSPS) is 15.8. The number of hydrogen-bond acceptors (Lipinski definition) is 1. The van der Waals surface area contributed by atoms with Crippen molar-refractivity contribution in [3.63, 3.8) is 0 Å². The van der Waals surface area contributed by atoms with Gasteiger partial charge in [0.1, 0.15) is 5.82 Å². The lowest BCUT2D eigenvalue weighted by atomic mass is 9.91. The number of halogens is 6. The van der Waals surface area contributed by atoms with Gasteiger partial charge in [0.15, 0.2) is 24.0 Å². The molecule has 32 heavy (non-hydrogen) atoms. The van der Waals surface area contributed by atoms with Crippen molar-refractivity contribution in [1.82, 2.24) is 0 Å². The lowest BCUT2D eigenvalue weighted by Crippen LogP contribution is -2.20. The second-order valence-electron chi connectivity index (χ2n) is 8.39. The Morgan fingerprint density at radius 2 is 1.59 bits per heavy atom. The van der Waals surface area contributed by atoms with E-state index < -0.39 is 36.0 Å². The first-order chi connectivity index (χ1) is 15.2. The summed E-state index contributed by atoms with van der Waals surface area (Å²) in [6.07, 6.45) is 1.14. The fraction of sp³-hybridized carbons (Fsp3) is 0.500. The van der Waals surface area contributed by atoms with E-state index in [4.69, 9.17) is 0 Å². The molecule has 0 unspecified atom stereocenters. The van der Waals surface area contributed by atoms with Crippen LogP contribution >= 0.6 is 0 Å². The topological polar surface area (TPSA) is 9.23 Å². The van der Waals surface area contributed by atoms with Crippen molar-refractivity contribution in [2.24, 2.45) is 0 Å². The van der Waals surface area contributed by atoms with Crippen LogP contribution in [0.25, 0.3) is 11.1 Å². The minimum atomic E-state index is -4.73. The number of rotatable bonds is 8. The molecule has 1 nitrogen and oxygen atoms in total. The molecule has 3 rings (SSSR count). The maximum absolute atomic E-state index is 14.8. The summed E-state index contributed by atoms with van der Waals surface area (Å²) >= 11 is 0. The van der Waals surface area contributed by atoms with E-state index in [1.165, 1.54) is 49.5 Å². The summed E-state index contributed by atoms with van der Waals surface area (Å²) in [5, 5.41) is 0. The standard InChI is InChI=1S/C24H27F6OSi/c1-2-3-4-9-32-10-7-16(8-11-32)17-5-6-19(20(25)12-17)18-13-21(26)23(22(27)14-18)31-15-24(28,29)30/h5-6,12-14,16H,2-4,7-11,15H2,1H3. The first kappa shape index (κ1) is 24.7. The quantitative estimate of drug-likeness (QED) is 0.213. The summed E-state index contributed by atoms with van der Waals surface area (Å²) in [5.41, 5.74) is 0.787. The smallest absolute Gasteiger partial charge is 0.422 e. The molecule has 0 saturated carbocycles. The molecule has 0 amide bonds. The van der Waals surface area contributed by atoms with Crippen LogP contribution in [0.5, 0.6) is 5.75 Å². The van der Waals surface area contributed by atoms with Crippen molar-refractivity contribution in [2.45, 2.75) is 69.3 Å². The summed E-state index contributed by atoms with van der Waals surface area (Å²) in [6.45, 7) is 0.386. The lowest BCUT2D eigenvalue weighted by molar-refractivity contribution is -0.154. The van der Waals surface area contributed by atoms with Crippen LogP contribution in [0, 0.1) is 17.5 Å². The number of unbranched alkanes of at least 4 members (excludes halogenated alkanes) is 2. The van der Waals surface area contributed by atoms with Crippen molar-refractivity contribution < 1.29 is 31.1 Å². The van der Waals surface area contributed by atoms with Crippen LogP contribution in [0.2, 0.25) is 18.1 Å². The van der Waals surface area contributed by atoms with Gasteiger partial charge in [0.25, 0.3) is 0 Å². The monoisotopic (exact) mass is 473 g/mol. The van der Waals surface area contributed by atoms with Crippen LogP contribution in [-0.2, 0) is 0 Å². The third kappa shape index (κ3) is 6.53. The van der Waals surface area contributed by atoms with Gasteiger partial charge in [0.05, 0.1) is 0 Å². The maximum Gasteiger partial charge on any atom is 0.422 e. The summed E-state index contributed by atoms with van der Waals surface area (Å²) in [7, 11) is -0.307. The van der Waals surface area contributed by atoms with E-state index in [9.17, 15) is 26.3 Å². The molecule has 1 saturated heterocycles. The maximum atomic E-state index is 14.8. The summed E-state index contributed by atoms with van der Waals surface area (Å²) < 4.78 is 84.2. The SMILES string of the molecule is CCCCC[Si]1CCC(c2ccc(-c3cc(F)c(OCC(F)(F)F)c(F)c3)c(F)c2)CC1. The minimum absolute atomic E-state index is 0.00551. The molecule has 0 aliphatic carbocycles. The number of alkyl halides is 3. The van der Waals surface area contributed by atoms with Gasteiger partial charge in [-0.25, -0.2) is 13.2 Å². The molecular weight excluding hydrogens is 446 g/mol. The molecule has 0 spiro atoms. The average Bonchev–Trinajstić information content (AvgIpc) is 2.73. The van der Waals surface area contributed by atoms with Crippen molar-refractivity contribution in [1.29, 1.82) is 0 Å². The zero-order chi connectivity index (χ0) is 23.3. The van der Waals surface area contributed by atoms with Crippen LogP contribution < -0.4 is 4.74 Å². The Morgan fingerprint density at radius 1 is 0.938 bits per heavy atom. The Kier molecular flexibility index (Phi) is 8.30. The minimum Gasteiger partial charge on any atom is -0.478 e. The van der Waals surface area contributed by atoms with Crippen molar-refractivity contribution in [2.75, 3.05) is 6.61 Å². The molecule has 1 aliphatic heterocycles. The van der Waals surface area contributed by atoms with E-state index in [1.807, 2.05) is 0 Å². The van der Waals surface area contributed by atoms with E-state index in [0.717, 1.165) is 30.5 Å². The highest BCUT2D eigenvalue weighted by Crippen LogP contribution is 2.37. The summed E-state index contributed by atoms with van der Waals surface area (Å²) in [4.78, 5) is 0. The van der Waals surface area contributed by atoms with E-state index in [1.54, 1.807) is 6.07 Å². The molecule has 1 fully saturated rings. The predicted octanol–water partition coefficient (Wildman–Crippen LogP) is 8.27. The van der Waals surface area contributed by atoms with Crippen molar-refractivity contribution >= 4 is 8.80 Å². The van der Waals surface area contributed by atoms with Gasteiger partial charge in [-0.05, 0) is 48.1 Å². The van der Waals surface area contributed by atoms with E-state index in [-0.39, 0.29) is 25.8 Å². The average molecular weight is 474 g/mol. The van der Waals surface area contributed by atoms with Gasteiger partial charge in [-0.2, -0.15) is 13.2 Å². The zero-order valence-electron chi connectivity index (χ0n) is 18.0. The fourth-order valence-corrected chi connectivity index (χ4v) is 7.27. The Labute approximate surface area is 186 Å². The number of ether oxygens (including phenoxy) is 1. The van der Waals surface area contributed by atoms with Crippen LogP contribution in [-0.4, -0.2) is 21.6 Å². The Bertz CT molecular complexity index is 883. The molecule has 8 heteroatoms. The third-order valence-electron chi connectivity index (χ3n) is 5.98. The van der Waals surface area contributed by atoms with Gasteiger partial charge in [-0.3, -0.25) is 0 Å². The molecule has 0 atom stereocenters. The zero-order valence-corrected chi connectivity index (χ0v) is 19.0. The van der Waals surface area contributed by atoms with Gasteiger partial charge >= 0.3 is 6.18 Å². The largest absolute Gasteiger partial charge is 0.478 e. The molecule has 0 aromatic heterocycles. The van der Waals surface area contributed by atoms with Gasteiger partial charge in [0.2, 0.25) is 0 Å². The molecule has 1 heterocycles. The van der Waals surface area contributed by atoms with Gasteiger partial charge in [-0.15, -0.1) is 0 Å². The molecule has 175 valence electrons. The summed E-state index contributed by atoms with van der Waals surface area (Å²) in [6, 6.07) is 10.0. The molecular formula is C24H27F6OSi. The highest BCUT2D eigenvalue weighted by atomic mass is 28.3. The Hall–Kier alpha value is -1.96. The molecule has 0 N–H and O–H groups in total. The number of hydrogen-bond donors (Lipinski definition) is 0. The lowest BCUT2D eigenvalue weighted by Gasteiger charge is -2.28. The summed E-state index contributed by atoms with van der Waals surface area (Å²) in [5.74, 6) is -4.06. The first-order valence-corrected chi connectivity index (χ1v) is 13.1. The fourth-order valence-electron chi connectivity index (χ4n) is 4.26. The van der Waals surface area contributed by atoms with Crippen LogP contribution in [0.1, 0.15) is 50.5 Å². The van der Waals surface area contributed by atoms with E-state index >= 15 is 0 Å². The Balaban J connectivity index is 1.69. The molecule has 1 radical (unpaired) electrons. The number of benzene rings is 2. The first-order valence-electron chi connectivity index (χ1n) is 11.0. The van der Waals surface area contributed by atoms with Crippen molar-refractivity contribution in [3.05, 3.63) is 53.3 Å². The second kappa shape index (κ2) is 10.8. The molecule has 0 bridgehead atoms. The molecule has 1 aliphatic rings. The highest BCUT2D eigenvalue weighted by molar-refractivity contribution is 6.59. The second-order valence-corrected chi connectivity index (χ2v) is 11.4. The third-order valence-corrected chi connectivity index (χ3v) is 9.03. The van der Waals surface area contributed by atoms with Crippen LogP contribution in [0.15, 0.2) is 30.3 Å². The van der Waals surface area contributed by atoms with Crippen LogP contribution in [0.4, 0.5) is 26.3 Å². The van der Waals surface area contributed by atoms with E-state index in [2.05, 4.69) is 11.7 Å². The van der Waals surface area contributed by atoms with Gasteiger partial charge in [0, 0.05) is 14.4 Å². The predicted molar refractivity (Wildman–Crippen MR) is 115 cm³/mol. The van der Waals surface area contributed by atoms with Gasteiger partial charge in [-0.1, -0.05) is 56.5 Å². The van der Waals surface area contributed by atoms with Crippen molar-refractivity contribution in [3.8, 4) is 16.9 Å². The van der Waals surface area contributed by atoms with Gasteiger partial charge < -0.3 is 4.74 Å².